The number of carboxylic acids is 1. The van der Waals surface area contributed by atoms with Crippen LogP contribution in [0.4, 0.5) is 0 Å². The minimum Gasteiger partial charge on any atom is -0.478 e. The molecule has 0 unspecified atom stereocenters. The molecule has 0 amide bonds. The zero-order chi connectivity index (χ0) is 15.5. The largest absolute Gasteiger partial charge is 0.478 e. The molecule has 0 aliphatic heterocycles. The second-order valence-corrected chi connectivity index (χ2v) is 4.95. The summed E-state index contributed by atoms with van der Waals surface area (Å²) < 4.78 is 1.71. The molecule has 22 heavy (non-hydrogen) atoms. The van der Waals surface area contributed by atoms with Gasteiger partial charge in [0, 0.05) is 5.56 Å². The molecule has 2 aromatic carbocycles. The molecule has 3 aromatic rings. The van der Waals surface area contributed by atoms with Crippen LogP contribution in [-0.4, -0.2) is 26.1 Å². The van der Waals surface area contributed by atoms with Gasteiger partial charge in [-0.25, -0.2) is 9.48 Å². The molecular formula is C17H15N3O2. The molecule has 0 aliphatic rings. The monoisotopic (exact) mass is 293 g/mol. The lowest BCUT2D eigenvalue weighted by Crippen LogP contribution is -1.95. The molecule has 5 heteroatoms. The van der Waals surface area contributed by atoms with Crippen molar-refractivity contribution in [2.75, 3.05) is 0 Å². The first-order valence-electron chi connectivity index (χ1n) is 7.03. The van der Waals surface area contributed by atoms with E-state index in [1.54, 1.807) is 28.9 Å². The van der Waals surface area contributed by atoms with Gasteiger partial charge in [0.1, 0.15) is 5.69 Å². The highest BCUT2D eigenvalue weighted by molar-refractivity contribution is 5.88. The van der Waals surface area contributed by atoms with E-state index in [9.17, 15) is 4.79 Å². The summed E-state index contributed by atoms with van der Waals surface area (Å²) in [6.07, 6.45) is 2.83. The molecule has 5 nitrogen and oxygen atoms in total. The minimum atomic E-state index is -0.939. The number of aromatic carboxylic acids is 1. The lowest BCUT2D eigenvalue weighted by Gasteiger charge is -2.01. The van der Waals surface area contributed by atoms with Crippen LogP contribution < -0.4 is 0 Å². The van der Waals surface area contributed by atoms with Gasteiger partial charge in [-0.15, -0.1) is 5.10 Å². The number of nitrogens with zero attached hydrogens (tertiary/aromatic N) is 3. The quantitative estimate of drug-likeness (QED) is 0.802. The second kappa shape index (κ2) is 5.81. The zero-order valence-corrected chi connectivity index (χ0v) is 12.1. The van der Waals surface area contributed by atoms with E-state index in [-0.39, 0.29) is 5.56 Å². The SMILES string of the molecule is CCc1ccc(-n2cc(-c3ccc(C(=O)O)cc3)nn2)cc1. The van der Waals surface area contributed by atoms with Crippen LogP contribution in [0.25, 0.3) is 16.9 Å². The van der Waals surface area contributed by atoms with E-state index in [1.165, 1.54) is 5.56 Å². The normalized spacial score (nSPS) is 10.6. The third-order valence-electron chi connectivity index (χ3n) is 3.53. The fraction of sp³-hybridized carbons (Fsp3) is 0.118. The summed E-state index contributed by atoms with van der Waals surface area (Å²) in [6.45, 7) is 2.11. The molecule has 0 atom stereocenters. The molecule has 0 saturated carbocycles. The van der Waals surface area contributed by atoms with Crippen molar-refractivity contribution in [3.8, 4) is 16.9 Å². The van der Waals surface area contributed by atoms with Crippen LogP contribution in [0.15, 0.2) is 54.7 Å². The molecule has 0 fully saturated rings. The van der Waals surface area contributed by atoms with Crippen molar-refractivity contribution in [3.63, 3.8) is 0 Å². The Morgan fingerprint density at radius 2 is 1.77 bits per heavy atom. The lowest BCUT2D eigenvalue weighted by molar-refractivity contribution is 0.0697. The van der Waals surface area contributed by atoms with E-state index < -0.39 is 5.97 Å². The van der Waals surface area contributed by atoms with Crippen LogP contribution in [0.3, 0.4) is 0 Å². The number of carbonyl (C=O) groups is 1. The van der Waals surface area contributed by atoms with Crippen molar-refractivity contribution in [1.82, 2.24) is 15.0 Å². The van der Waals surface area contributed by atoms with E-state index in [4.69, 9.17) is 5.11 Å². The Kier molecular flexibility index (Phi) is 3.70. The molecule has 0 radical (unpaired) electrons. The van der Waals surface area contributed by atoms with Crippen molar-refractivity contribution in [2.45, 2.75) is 13.3 Å². The Labute approximate surface area is 127 Å². The molecule has 0 spiro atoms. The number of hydrogen-bond donors (Lipinski definition) is 1. The number of carboxylic acid groups (broad SMARTS) is 1. The summed E-state index contributed by atoms with van der Waals surface area (Å²) in [5.74, 6) is -0.939. The van der Waals surface area contributed by atoms with Crippen molar-refractivity contribution in [2.24, 2.45) is 0 Å². The highest BCUT2D eigenvalue weighted by Crippen LogP contribution is 2.18. The fourth-order valence-electron chi connectivity index (χ4n) is 2.19. The smallest absolute Gasteiger partial charge is 0.335 e. The summed E-state index contributed by atoms with van der Waals surface area (Å²) in [6, 6.07) is 14.7. The van der Waals surface area contributed by atoms with Crippen LogP contribution in [0.5, 0.6) is 0 Å². The lowest BCUT2D eigenvalue weighted by atomic mass is 10.1. The topological polar surface area (TPSA) is 68.0 Å². The van der Waals surface area contributed by atoms with Crippen molar-refractivity contribution < 1.29 is 9.90 Å². The van der Waals surface area contributed by atoms with Crippen LogP contribution in [0.1, 0.15) is 22.8 Å². The van der Waals surface area contributed by atoms with Crippen molar-refractivity contribution >= 4 is 5.97 Å². The standard InChI is InChI=1S/C17H15N3O2/c1-2-12-3-9-15(10-4-12)20-11-16(18-19-20)13-5-7-14(8-6-13)17(21)22/h3-11H,2H2,1H3,(H,21,22). The summed E-state index contributed by atoms with van der Waals surface area (Å²) in [5, 5.41) is 17.2. The zero-order valence-electron chi connectivity index (χ0n) is 12.1. The Balaban J connectivity index is 1.87. The van der Waals surface area contributed by atoms with E-state index in [1.807, 2.05) is 18.3 Å². The van der Waals surface area contributed by atoms with E-state index >= 15 is 0 Å². The molecule has 1 heterocycles. The summed E-state index contributed by atoms with van der Waals surface area (Å²) >= 11 is 0. The molecule has 1 aromatic heterocycles. The van der Waals surface area contributed by atoms with Gasteiger partial charge in [0.25, 0.3) is 0 Å². The Bertz CT molecular complexity index is 790. The highest BCUT2D eigenvalue weighted by Gasteiger charge is 2.07. The van der Waals surface area contributed by atoms with Crippen LogP contribution in [0, 0.1) is 0 Å². The highest BCUT2D eigenvalue weighted by atomic mass is 16.4. The maximum Gasteiger partial charge on any atom is 0.335 e. The average Bonchev–Trinajstić information content (AvgIpc) is 3.05. The van der Waals surface area contributed by atoms with Crippen molar-refractivity contribution in [3.05, 3.63) is 65.9 Å². The average molecular weight is 293 g/mol. The first kappa shape index (κ1) is 14.0. The summed E-state index contributed by atoms with van der Waals surface area (Å²) in [5.41, 5.74) is 4.01. The van der Waals surface area contributed by atoms with E-state index in [0.29, 0.717) is 5.69 Å². The molecule has 0 bridgehead atoms. The van der Waals surface area contributed by atoms with Crippen LogP contribution in [-0.2, 0) is 6.42 Å². The molecule has 0 saturated heterocycles. The summed E-state index contributed by atoms with van der Waals surface area (Å²) in [7, 11) is 0. The van der Waals surface area contributed by atoms with Crippen LogP contribution in [0.2, 0.25) is 0 Å². The fourth-order valence-corrected chi connectivity index (χ4v) is 2.19. The van der Waals surface area contributed by atoms with Gasteiger partial charge in [0.05, 0.1) is 17.4 Å². The van der Waals surface area contributed by atoms with Gasteiger partial charge < -0.3 is 5.11 Å². The van der Waals surface area contributed by atoms with Gasteiger partial charge >= 0.3 is 5.97 Å². The second-order valence-electron chi connectivity index (χ2n) is 4.95. The third-order valence-corrected chi connectivity index (χ3v) is 3.53. The number of aromatic nitrogens is 3. The molecule has 110 valence electrons. The molecule has 0 aliphatic carbocycles. The minimum absolute atomic E-state index is 0.256. The van der Waals surface area contributed by atoms with Gasteiger partial charge in [0.15, 0.2) is 0 Å². The van der Waals surface area contributed by atoms with Gasteiger partial charge in [-0.2, -0.15) is 0 Å². The molecular weight excluding hydrogens is 278 g/mol. The molecule has 3 rings (SSSR count). The van der Waals surface area contributed by atoms with Gasteiger partial charge in [0.2, 0.25) is 0 Å². The maximum atomic E-state index is 10.9. The van der Waals surface area contributed by atoms with E-state index in [0.717, 1.165) is 17.7 Å². The number of hydrogen-bond acceptors (Lipinski definition) is 3. The molecule has 1 N–H and O–H groups in total. The van der Waals surface area contributed by atoms with Crippen LogP contribution >= 0.6 is 0 Å². The first-order valence-corrected chi connectivity index (χ1v) is 7.03. The van der Waals surface area contributed by atoms with Gasteiger partial charge in [-0.05, 0) is 36.2 Å². The third kappa shape index (κ3) is 2.74. The van der Waals surface area contributed by atoms with E-state index in [2.05, 4.69) is 29.4 Å². The Morgan fingerprint density at radius 1 is 1.09 bits per heavy atom. The predicted octanol–water partition coefficient (Wildman–Crippen LogP) is 3.19. The first-order chi connectivity index (χ1) is 10.7. The van der Waals surface area contributed by atoms with Gasteiger partial charge in [-0.1, -0.05) is 36.4 Å². The number of benzene rings is 2. The number of rotatable bonds is 4. The number of aryl methyl sites for hydroxylation is 1. The Hall–Kier alpha value is -2.95. The Morgan fingerprint density at radius 3 is 2.36 bits per heavy atom. The summed E-state index contributed by atoms with van der Waals surface area (Å²) in [4.78, 5) is 10.9. The van der Waals surface area contributed by atoms with Gasteiger partial charge in [-0.3, -0.25) is 0 Å². The maximum absolute atomic E-state index is 10.9. The van der Waals surface area contributed by atoms with Crippen molar-refractivity contribution in [1.29, 1.82) is 0 Å². The predicted molar refractivity (Wildman–Crippen MR) is 83.1 cm³/mol.